The van der Waals surface area contributed by atoms with Gasteiger partial charge >= 0.3 is 0 Å². The standard InChI is InChI=1S/C12H15ClN2O3S/c13-10-1-3-11(4-2-10)19(17,18)15-7-5-9(6-8-15)12(14)16/h1-4,9H,5-8H2,(H2,14,16). The molecule has 1 fully saturated rings. The summed E-state index contributed by atoms with van der Waals surface area (Å²) in [5.41, 5.74) is 5.23. The van der Waals surface area contributed by atoms with Gasteiger partial charge in [-0.05, 0) is 37.1 Å². The largest absolute Gasteiger partial charge is 0.369 e. The highest BCUT2D eigenvalue weighted by Gasteiger charge is 2.31. The molecule has 0 spiro atoms. The third-order valence-electron chi connectivity index (χ3n) is 3.31. The quantitative estimate of drug-likeness (QED) is 0.912. The second-order valence-corrected chi connectivity index (χ2v) is 6.91. The van der Waals surface area contributed by atoms with E-state index in [2.05, 4.69) is 0 Å². The molecule has 104 valence electrons. The number of primary amides is 1. The fraction of sp³-hybridized carbons (Fsp3) is 0.417. The molecule has 7 heteroatoms. The molecule has 1 heterocycles. The van der Waals surface area contributed by atoms with E-state index in [0.29, 0.717) is 31.0 Å². The van der Waals surface area contributed by atoms with E-state index < -0.39 is 10.0 Å². The number of carbonyl (C=O) groups excluding carboxylic acids is 1. The highest BCUT2D eigenvalue weighted by molar-refractivity contribution is 7.89. The number of hydrogen-bond acceptors (Lipinski definition) is 3. The van der Waals surface area contributed by atoms with Crippen LogP contribution in [0.4, 0.5) is 0 Å². The Balaban J connectivity index is 2.14. The molecule has 0 radical (unpaired) electrons. The summed E-state index contributed by atoms with van der Waals surface area (Å²) in [6.45, 7) is 0.636. The van der Waals surface area contributed by atoms with E-state index >= 15 is 0 Å². The van der Waals surface area contributed by atoms with Gasteiger partial charge in [-0.25, -0.2) is 8.42 Å². The molecular weight excluding hydrogens is 288 g/mol. The molecule has 1 aliphatic heterocycles. The second-order valence-electron chi connectivity index (χ2n) is 4.53. The number of nitrogens with two attached hydrogens (primary N) is 1. The minimum absolute atomic E-state index is 0.217. The number of hydrogen-bond donors (Lipinski definition) is 1. The number of halogens is 1. The van der Waals surface area contributed by atoms with E-state index in [0.717, 1.165) is 0 Å². The lowest BCUT2D eigenvalue weighted by atomic mass is 9.98. The summed E-state index contributed by atoms with van der Waals surface area (Å²) in [7, 11) is -3.51. The summed E-state index contributed by atoms with van der Waals surface area (Å²) < 4.78 is 26.1. The summed E-state index contributed by atoms with van der Waals surface area (Å²) in [4.78, 5) is 11.3. The van der Waals surface area contributed by atoms with E-state index in [1.54, 1.807) is 12.1 Å². The fourth-order valence-electron chi connectivity index (χ4n) is 2.14. The average Bonchev–Trinajstić information content (AvgIpc) is 2.39. The zero-order valence-electron chi connectivity index (χ0n) is 10.3. The molecule has 1 aromatic rings. The van der Waals surface area contributed by atoms with Crippen LogP contribution < -0.4 is 5.73 Å². The highest BCUT2D eigenvalue weighted by Crippen LogP contribution is 2.24. The van der Waals surface area contributed by atoms with Gasteiger partial charge in [-0.3, -0.25) is 4.79 Å². The molecule has 1 saturated heterocycles. The Bertz CT molecular complexity index is 563. The Labute approximate surface area is 117 Å². The Morgan fingerprint density at radius 2 is 1.74 bits per heavy atom. The van der Waals surface area contributed by atoms with Crippen LogP contribution in [0.3, 0.4) is 0 Å². The molecule has 1 aliphatic rings. The summed E-state index contributed by atoms with van der Waals surface area (Å²) in [6.07, 6.45) is 0.949. The van der Waals surface area contributed by atoms with Crippen molar-refractivity contribution in [2.75, 3.05) is 13.1 Å². The van der Waals surface area contributed by atoms with Gasteiger partial charge in [0.1, 0.15) is 0 Å². The molecule has 5 nitrogen and oxygen atoms in total. The van der Waals surface area contributed by atoms with Crippen LogP contribution in [0.5, 0.6) is 0 Å². The Hall–Kier alpha value is -1.11. The van der Waals surface area contributed by atoms with Gasteiger partial charge in [-0.1, -0.05) is 11.6 Å². The van der Waals surface area contributed by atoms with Crippen molar-refractivity contribution in [3.63, 3.8) is 0 Å². The number of nitrogens with zero attached hydrogens (tertiary/aromatic N) is 1. The number of sulfonamides is 1. The zero-order chi connectivity index (χ0) is 14.0. The Morgan fingerprint density at radius 1 is 1.21 bits per heavy atom. The maximum atomic E-state index is 12.3. The van der Waals surface area contributed by atoms with Gasteiger partial charge in [-0.2, -0.15) is 4.31 Å². The van der Waals surface area contributed by atoms with Crippen LogP contribution in [0.25, 0.3) is 0 Å². The summed E-state index contributed by atoms with van der Waals surface area (Å²) in [5, 5.41) is 0.492. The zero-order valence-corrected chi connectivity index (χ0v) is 11.8. The first kappa shape index (κ1) is 14.3. The van der Waals surface area contributed by atoms with Crippen LogP contribution in [0.1, 0.15) is 12.8 Å². The van der Waals surface area contributed by atoms with E-state index in [1.165, 1.54) is 16.4 Å². The SMILES string of the molecule is NC(=O)C1CCN(S(=O)(=O)c2ccc(Cl)cc2)CC1. The lowest BCUT2D eigenvalue weighted by Gasteiger charge is -2.29. The van der Waals surface area contributed by atoms with Crippen LogP contribution in [-0.4, -0.2) is 31.7 Å². The van der Waals surface area contributed by atoms with Gasteiger partial charge in [0.2, 0.25) is 15.9 Å². The van der Waals surface area contributed by atoms with E-state index in [9.17, 15) is 13.2 Å². The molecule has 0 aliphatic carbocycles. The van der Waals surface area contributed by atoms with Gasteiger partial charge in [0.05, 0.1) is 4.90 Å². The molecule has 0 unspecified atom stereocenters. The fourth-order valence-corrected chi connectivity index (χ4v) is 3.73. The number of benzene rings is 1. The van der Waals surface area contributed by atoms with Crippen molar-refractivity contribution in [2.45, 2.75) is 17.7 Å². The van der Waals surface area contributed by atoms with Crippen molar-refractivity contribution < 1.29 is 13.2 Å². The molecule has 19 heavy (non-hydrogen) atoms. The summed E-state index contributed by atoms with van der Waals surface area (Å²) in [6, 6.07) is 6.06. The summed E-state index contributed by atoms with van der Waals surface area (Å²) in [5.74, 6) is -0.583. The molecular formula is C12H15ClN2O3S. The monoisotopic (exact) mass is 302 g/mol. The lowest BCUT2D eigenvalue weighted by molar-refractivity contribution is -0.122. The highest BCUT2D eigenvalue weighted by atomic mass is 35.5. The van der Waals surface area contributed by atoms with Crippen LogP contribution in [0.15, 0.2) is 29.2 Å². The first-order valence-corrected chi connectivity index (χ1v) is 7.78. The van der Waals surface area contributed by atoms with Crippen LogP contribution >= 0.6 is 11.6 Å². The van der Waals surface area contributed by atoms with Gasteiger partial charge in [0.25, 0.3) is 0 Å². The number of amides is 1. The predicted octanol–water partition coefficient (Wildman–Crippen LogP) is 1.23. The molecule has 0 saturated carbocycles. The maximum Gasteiger partial charge on any atom is 0.243 e. The molecule has 0 bridgehead atoms. The molecule has 0 aromatic heterocycles. The van der Waals surface area contributed by atoms with Gasteiger partial charge in [0.15, 0.2) is 0 Å². The second kappa shape index (κ2) is 5.48. The molecule has 0 atom stereocenters. The Kier molecular flexibility index (Phi) is 4.13. The number of carbonyl (C=O) groups is 1. The molecule has 1 amide bonds. The van der Waals surface area contributed by atoms with E-state index in [-0.39, 0.29) is 16.7 Å². The average molecular weight is 303 g/mol. The van der Waals surface area contributed by atoms with Gasteiger partial charge in [-0.15, -0.1) is 0 Å². The third kappa shape index (κ3) is 3.08. The van der Waals surface area contributed by atoms with Crippen LogP contribution in [0, 0.1) is 5.92 Å². The first-order chi connectivity index (χ1) is 8.91. The van der Waals surface area contributed by atoms with E-state index in [1.807, 2.05) is 0 Å². The third-order valence-corrected chi connectivity index (χ3v) is 5.47. The number of rotatable bonds is 3. The van der Waals surface area contributed by atoms with Crippen molar-refractivity contribution in [3.8, 4) is 0 Å². The minimum Gasteiger partial charge on any atom is -0.369 e. The van der Waals surface area contributed by atoms with Crippen molar-refractivity contribution in [1.82, 2.24) is 4.31 Å². The number of piperidine rings is 1. The van der Waals surface area contributed by atoms with E-state index in [4.69, 9.17) is 17.3 Å². The van der Waals surface area contributed by atoms with Crippen molar-refractivity contribution >= 4 is 27.5 Å². The van der Waals surface area contributed by atoms with Gasteiger partial charge < -0.3 is 5.73 Å². The Morgan fingerprint density at radius 3 is 2.21 bits per heavy atom. The maximum absolute atomic E-state index is 12.3. The molecule has 2 N–H and O–H groups in total. The normalized spacial score (nSPS) is 18.4. The summed E-state index contributed by atoms with van der Waals surface area (Å²) >= 11 is 5.74. The molecule has 1 aromatic carbocycles. The minimum atomic E-state index is -3.51. The van der Waals surface area contributed by atoms with Crippen LogP contribution in [0.2, 0.25) is 5.02 Å². The predicted molar refractivity (Wildman–Crippen MR) is 72.1 cm³/mol. The lowest BCUT2D eigenvalue weighted by Crippen LogP contribution is -2.41. The van der Waals surface area contributed by atoms with Crippen molar-refractivity contribution in [3.05, 3.63) is 29.3 Å². The smallest absolute Gasteiger partial charge is 0.243 e. The first-order valence-electron chi connectivity index (χ1n) is 5.96. The van der Waals surface area contributed by atoms with Crippen molar-refractivity contribution in [1.29, 1.82) is 0 Å². The topological polar surface area (TPSA) is 80.5 Å². The van der Waals surface area contributed by atoms with Gasteiger partial charge in [0, 0.05) is 24.0 Å². The van der Waals surface area contributed by atoms with Crippen molar-refractivity contribution in [2.24, 2.45) is 11.7 Å². The van der Waals surface area contributed by atoms with Crippen LogP contribution in [-0.2, 0) is 14.8 Å². The molecule has 2 rings (SSSR count).